The van der Waals surface area contributed by atoms with Gasteiger partial charge in [0.2, 0.25) is 0 Å². The van der Waals surface area contributed by atoms with Gasteiger partial charge in [-0.2, -0.15) is 13.2 Å². The van der Waals surface area contributed by atoms with Crippen LogP contribution in [0.25, 0.3) is 6.08 Å². The van der Waals surface area contributed by atoms with Crippen molar-refractivity contribution in [2.45, 2.75) is 6.18 Å². The maximum Gasteiger partial charge on any atom is 0.417 e. The molecule has 7 nitrogen and oxygen atoms in total. The molecule has 2 aromatic rings. The van der Waals surface area contributed by atoms with E-state index in [1.807, 2.05) is 0 Å². The molecule has 0 atom stereocenters. The molecule has 0 saturated heterocycles. The largest absolute Gasteiger partial charge is 0.417 e. The first-order valence-corrected chi connectivity index (χ1v) is 7.98. The Hall–Kier alpha value is -3.27. The number of pyridine rings is 1. The van der Waals surface area contributed by atoms with E-state index in [9.17, 15) is 28.1 Å². The van der Waals surface area contributed by atoms with Gasteiger partial charge < -0.3 is 4.74 Å². The molecule has 1 aromatic heterocycles. The molecule has 0 saturated carbocycles. The maximum atomic E-state index is 12.7. The number of aromatic nitrogens is 1. The Morgan fingerprint density at radius 3 is 2.64 bits per heavy atom. The summed E-state index contributed by atoms with van der Waals surface area (Å²) in [6.07, 6.45) is -1.35. The zero-order valence-electron chi connectivity index (χ0n) is 14.7. The van der Waals surface area contributed by atoms with E-state index >= 15 is 0 Å². The lowest BCUT2D eigenvalue weighted by Gasteiger charge is -2.20. The molecule has 0 unspecified atom stereocenters. The standard InChI is InChI=1S/C18H16F3N3O4/c1-28-10-9-23(16-7-6-14(12-22-16)18(19,20)21)17(25)8-5-13-3-2-4-15(11-13)24(26)27/h2-8,11-12H,9-10H2,1H3. The van der Waals surface area contributed by atoms with Crippen molar-refractivity contribution in [1.29, 1.82) is 0 Å². The maximum absolute atomic E-state index is 12.7. The molecular weight excluding hydrogens is 379 g/mol. The molecule has 148 valence electrons. The lowest BCUT2D eigenvalue weighted by molar-refractivity contribution is -0.384. The van der Waals surface area contributed by atoms with Gasteiger partial charge in [-0.15, -0.1) is 0 Å². The Morgan fingerprint density at radius 2 is 2.07 bits per heavy atom. The van der Waals surface area contributed by atoms with Crippen molar-refractivity contribution in [2.75, 3.05) is 25.2 Å². The van der Waals surface area contributed by atoms with Gasteiger partial charge in [0.1, 0.15) is 5.82 Å². The Morgan fingerprint density at radius 1 is 1.32 bits per heavy atom. The molecule has 2 rings (SSSR count). The SMILES string of the molecule is COCCN(C(=O)C=Cc1cccc([N+](=O)[O-])c1)c1ccc(C(F)(F)F)cn1. The van der Waals surface area contributed by atoms with Gasteiger partial charge in [-0.3, -0.25) is 19.8 Å². The highest BCUT2D eigenvalue weighted by Crippen LogP contribution is 2.29. The van der Waals surface area contributed by atoms with Gasteiger partial charge in [0.15, 0.2) is 0 Å². The third kappa shape index (κ3) is 5.61. The van der Waals surface area contributed by atoms with Crippen molar-refractivity contribution in [1.82, 2.24) is 4.98 Å². The fourth-order valence-electron chi connectivity index (χ4n) is 2.23. The van der Waals surface area contributed by atoms with E-state index in [1.165, 1.54) is 31.4 Å². The van der Waals surface area contributed by atoms with Crippen molar-refractivity contribution >= 4 is 23.5 Å². The number of rotatable bonds is 7. The Balaban J connectivity index is 2.23. The second kappa shape index (κ2) is 9.09. The van der Waals surface area contributed by atoms with Crippen molar-refractivity contribution in [3.63, 3.8) is 0 Å². The number of non-ortho nitro benzene ring substituents is 1. The monoisotopic (exact) mass is 395 g/mol. The number of hydrogen-bond donors (Lipinski definition) is 0. The fourth-order valence-corrected chi connectivity index (χ4v) is 2.23. The van der Waals surface area contributed by atoms with Crippen LogP contribution in [0.2, 0.25) is 0 Å². The molecule has 0 aliphatic heterocycles. The highest BCUT2D eigenvalue weighted by molar-refractivity contribution is 6.03. The third-order valence-corrected chi connectivity index (χ3v) is 3.64. The van der Waals surface area contributed by atoms with E-state index in [0.717, 1.165) is 23.1 Å². The van der Waals surface area contributed by atoms with Gasteiger partial charge in [-0.05, 0) is 23.8 Å². The van der Waals surface area contributed by atoms with Crippen LogP contribution >= 0.6 is 0 Å². The summed E-state index contributed by atoms with van der Waals surface area (Å²) in [4.78, 5) is 27.6. The zero-order chi connectivity index (χ0) is 20.7. The number of halogens is 3. The number of methoxy groups -OCH3 is 1. The number of benzene rings is 1. The van der Waals surface area contributed by atoms with E-state index in [4.69, 9.17) is 4.74 Å². The van der Waals surface area contributed by atoms with Gasteiger partial charge in [0.25, 0.3) is 11.6 Å². The Kier molecular flexibility index (Phi) is 6.83. The molecule has 0 N–H and O–H groups in total. The minimum Gasteiger partial charge on any atom is -0.383 e. The lowest BCUT2D eigenvalue weighted by atomic mass is 10.2. The number of nitrogens with zero attached hydrogens (tertiary/aromatic N) is 3. The van der Waals surface area contributed by atoms with Crippen LogP contribution in [0.5, 0.6) is 0 Å². The number of amides is 1. The molecule has 0 aliphatic carbocycles. The summed E-state index contributed by atoms with van der Waals surface area (Å²) in [6.45, 7) is 0.200. The van der Waals surface area contributed by atoms with Crippen LogP contribution in [0.3, 0.4) is 0 Å². The summed E-state index contributed by atoms with van der Waals surface area (Å²) in [5, 5.41) is 10.8. The Bertz CT molecular complexity index is 867. The van der Waals surface area contributed by atoms with Crippen molar-refractivity contribution in [3.05, 3.63) is 69.9 Å². The molecule has 0 bridgehead atoms. The molecule has 1 aromatic carbocycles. The number of alkyl halides is 3. The van der Waals surface area contributed by atoms with Crippen molar-refractivity contribution in [2.24, 2.45) is 0 Å². The summed E-state index contributed by atoms with van der Waals surface area (Å²) in [7, 11) is 1.42. The highest BCUT2D eigenvalue weighted by Gasteiger charge is 2.31. The molecule has 0 fully saturated rings. The van der Waals surface area contributed by atoms with Crippen LogP contribution in [0.15, 0.2) is 48.7 Å². The zero-order valence-corrected chi connectivity index (χ0v) is 14.7. The average molecular weight is 395 g/mol. The normalized spacial score (nSPS) is 11.6. The number of nitro benzene ring substituents is 1. The van der Waals surface area contributed by atoms with Crippen LogP contribution in [0.4, 0.5) is 24.7 Å². The first-order valence-electron chi connectivity index (χ1n) is 7.98. The van der Waals surface area contributed by atoms with Crippen molar-refractivity contribution < 1.29 is 27.6 Å². The van der Waals surface area contributed by atoms with Gasteiger partial charge in [-0.1, -0.05) is 12.1 Å². The predicted molar refractivity (Wildman–Crippen MR) is 95.6 cm³/mol. The number of anilines is 1. The molecule has 28 heavy (non-hydrogen) atoms. The van der Waals surface area contributed by atoms with Gasteiger partial charge in [-0.25, -0.2) is 4.98 Å². The molecule has 0 aliphatic rings. The van der Waals surface area contributed by atoms with Crippen molar-refractivity contribution in [3.8, 4) is 0 Å². The van der Waals surface area contributed by atoms with Gasteiger partial charge in [0.05, 0.1) is 23.6 Å². The number of nitro groups is 1. The summed E-state index contributed by atoms with van der Waals surface area (Å²) < 4.78 is 43.0. The summed E-state index contributed by atoms with van der Waals surface area (Å²) in [5.41, 5.74) is -0.632. The van der Waals surface area contributed by atoms with E-state index in [0.29, 0.717) is 11.8 Å². The van der Waals surface area contributed by atoms with Crippen LogP contribution in [0, 0.1) is 10.1 Å². The molecule has 10 heteroatoms. The number of carbonyl (C=O) groups excluding carboxylic acids is 1. The summed E-state index contributed by atoms with van der Waals surface area (Å²) >= 11 is 0. The molecule has 0 spiro atoms. The topological polar surface area (TPSA) is 85.6 Å². The molecule has 1 amide bonds. The minimum atomic E-state index is -4.53. The average Bonchev–Trinajstić information content (AvgIpc) is 2.66. The molecular formula is C18H16F3N3O4. The quantitative estimate of drug-likeness (QED) is 0.405. The fraction of sp³-hybridized carbons (Fsp3) is 0.222. The first kappa shape index (κ1) is 21.0. The minimum absolute atomic E-state index is 0.0266. The van der Waals surface area contributed by atoms with Crippen LogP contribution in [-0.2, 0) is 15.7 Å². The Labute approximate surface area is 158 Å². The van der Waals surface area contributed by atoms with Gasteiger partial charge >= 0.3 is 6.18 Å². The second-order valence-electron chi connectivity index (χ2n) is 5.57. The van der Waals surface area contributed by atoms with E-state index in [-0.39, 0.29) is 24.7 Å². The molecule has 0 radical (unpaired) electrons. The second-order valence-corrected chi connectivity index (χ2v) is 5.57. The number of hydrogen-bond acceptors (Lipinski definition) is 5. The molecule has 1 heterocycles. The highest BCUT2D eigenvalue weighted by atomic mass is 19.4. The van der Waals surface area contributed by atoms with Crippen LogP contribution < -0.4 is 4.90 Å². The lowest BCUT2D eigenvalue weighted by Crippen LogP contribution is -2.33. The number of carbonyl (C=O) groups is 1. The first-order chi connectivity index (χ1) is 13.2. The smallest absolute Gasteiger partial charge is 0.383 e. The predicted octanol–water partition coefficient (Wildman–Crippen LogP) is 3.70. The summed E-state index contributed by atoms with van der Waals surface area (Å²) in [5.74, 6) is -0.533. The van der Waals surface area contributed by atoms with E-state index in [1.54, 1.807) is 6.07 Å². The van der Waals surface area contributed by atoms with Crippen LogP contribution in [-0.4, -0.2) is 36.1 Å². The van der Waals surface area contributed by atoms with Crippen LogP contribution in [0.1, 0.15) is 11.1 Å². The summed E-state index contributed by atoms with van der Waals surface area (Å²) in [6, 6.07) is 7.59. The third-order valence-electron chi connectivity index (χ3n) is 3.64. The van der Waals surface area contributed by atoms with Gasteiger partial charge in [0, 0.05) is 31.5 Å². The van der Waals surface area contributed by atoms with E-state index < -0.39 is 22.6 Å². The van der Waals surface area contributed by atoms with E-state index in [2.05, 4.69) is 4.98 Å². The number of ether oxygens (including phenoxy) is 1.